The minimum absolute atomic E-state index is 0.103. The van der Waals surface area contributed by atoms with Gasteiger partial charge in [0.05, 0.1) is 0 Å². The van der Waals surface area contributed by atoms with Gasteiger partial charge in [-0.2, -0.15) is 0 Å². The Hall–Kier alpha value is -3.41. The van der Waals surface area contributed by atoms with Crippen molar-refractivity contribution in [1.29, 1.82) is 0 Å². The minimum Gasteiger partial charge on any atom is -0.462 e. The lowest BCUT2D eigenvalue weighted by Crippen LogP contribution is -2.30. The van der Waals surface area contributed by atoms with E-state index in [1.54, 1.807) is 0 Å². The van der Waals surface area contributed by atoms with Crippen LogP contribution in [0, 0.1) is 0 Å². The van der Waals surface area contributed by atoms with Crippen LogP contribution in [-0.2, 0) is 28.6 Å². The lowest BCUT2D eigenvalue weighted by atomic mass is 10.1. The zero-order valence-corrected chi connectivity index (χ0v) is 38.9. The number of carbonyl (C=O) groups is 3. The molecule has 0 aromatic carbocycles. The van der Waals surface area contributed by atoms with Crippen LogP contribution in [0.1, 0.15) is 220 Å². The highest BCUT2D eigenvalue weighted by atomic mass is 16.6. The molecule has 0 saturated carbocycles. The Balaban J connectivity index is 4.47. The standard InChI is InChI=1S/C54H90O6/c1-4-7-10-13-16-19-22-25-26-27-30-32-35-38-41-44-47-53(56)59-50-51(60-54(57)48-45-42-39-36-33-29-24-21-18-15-12-9-6-3)49-58-52(55)46-43-40-37-34-31-28-23-20-17-14-11-8-5-2/h8-9,11-12,17-18,20-21,26-29,31,33,51H,4-7,10,13-16,19,22-25,30,32,34-50H2,1-3H3/b11-8-,12-9-,20-17-,21-18-,27-26-,31-28-,33-29-. The number of allylic oxidation sites excluding steroid dienone is 14. The lowest BCUT2D eigenvalue weighted by molar-refractivity contribution is -0.167. The van der Waals surface area contributed by atoms with Crippen molar-refractivity contribution in [2.24, 2.45) is 0 Å². The molecule has 0 aliphatic carbocycles. The molecule has 0 saturated heterocycles. The van der Waals surface area contributed by atoms with Crippen molar-refractivity contribution in [3.63, 3.8) is 0 Å². The summed E-state index contributed by atoms with van der Waals surface area (Å²) in [6.45, 7) is 6.33. The third-order valence-electron chi connectivity index (χ3n) is 10.1. The van der Waals surface area contributed by atoms with E-state index in [9.17, 15) is 14.4 Å². The van der Waals surface area contributed by atoms with Gasteiger partial charge in [-0.15, -0.1) is 0 Å². The Morgan fingerprint density at radius 2 is 0.650 bits per heavy atom. The molecule has 342 valence electrons. The van der Waals surface area contributed by atoms with Gasteiger partial charge in [0, 0.05) is 19.3 Å². The number of ether oxygens (including phenoxy) is 3. The second-order valence-corrected chi connectivity index (χ2v) is 16.0. The molecule has 1 unspecified atom stereocenters. The Kier molecular flexibility index (Phi) is 45.5. The van der Waals surface area contributed by atoms with E-state index >= 15 is 0 Å². The van der Waals surface area contributed by atoms with E-state index in [-0.39, 0.29) is 37.5 Å². The fourth-order valence-corrected chi connectivity index (χ4v) is 6.46. The van der Waals surface area contributed by atoms with Crippen LogP contribution in [0.4, 0.5) is 0 Å². The molecule has 0 aromatic heterocycles. The molecule has 0 fully saturated rings. The molecule has 60 heavy (non-hydrogen) atoms. The first-order chi connectivity index (χ1) is 29.5. The van der Waals surface area contributed by atoms with E-state index in [2.05, 4.69) is 106 Å². The smallest absolute Gasteiger partial charge is 0.306 e. The van der Waals surface area contributed by atoms with Gasteiger partial charge in [-0.3, -0.25) is 14.4 Å². The van der Waals surface area contributed by atoms with Crippen LogP contribution in [0.15, 0.2) is 85.1 Å². The largest absolute Gasteiger partial charge is 0.462 e. The number of rotatable bonds is 43. The molecule has 0 rings (SSSR count). The third kappa shape index (κ3) is 45.7. The van der Waals surface area contributed by atoms with Gasteiger partial charge in [0.2, 0.25) is 0 Å². The average Bonchev–Trinajstić information content (AvgIpc) is 3.24. The maximum Gasteiger partial charge on any atom is 0.306 e. The van der Waals surface area contributed by atoms with Crippen molar-refractivity contribution in [2.45, 2.75) is 226 Å². The first kappa shape index (κ1) is 56.6. The quantitative estimate of drug-likeness (QED) is 0.0263. The molecule has 0 aromatic rings. The molecule has 0 radical (unpaired) electrons. The first-order valence-corrected chi connectivity index (χ1v) is 24.6. The summed E-state index contributed by atoms with van der Waals surface area (Å²) in [7, 11) is 0. The molecular weight excluding hydrogens is 745 g/mol. The van der Waals surface area contributed by atoms with Gasteiger partial charge >= 0.3 is 17.9 Å². The average molecular weight is 835 g/mol. The van der Waals surface area contributed by atoms with Gasteiger partial charge in [0.1, 0.15) is 13.2 Å². The SMILES string of the molecule is CC/C=C\C/C=C\C/C=C\CCCCCC(=O)OCC(COC(=O)CCCCCCC/C=C\CCCCCCCCC)OC(=O)CCCCC/C=C\C/C=C\C/C=C\CC. The predicted molar refractivity (Wildman–Crippen MR) is 256 cm³/mol. The highest BCUT2D eigenvalue weighted by Gasteiger charge is 2.19. The van der Waals surface area contributed by atoms with Crippen LogP contribution >= 0.6 is 0 Å². The van der Waals surface area contributed by atoms with Crippen LogP contribution < -0.4 is 0 Å². The Bertz CT molecular complexity index is 1190. The first-order valence-electron chi connectivity index (χ1n) is 24.6. The van der Waals surface area contributed by atoms with E-state index in [1.165, 1.54) is 64.2 Å². The number of hydrogen-bond acceptors (Lipinski definition) is 6. The summed E-state index contributed by atoms with van der Waals surface area (Å²) in [5.74, 6) is -0.975. The van der Waals surface area contributed by atoms with Gasteiger partial charge < -0.3 is 14.2 Å². The van der Waals surface area contributed by atoms with Crippen molar-refractivity contribution in [2.75, 3.05) is 13.2 Å². The van der Waals surface area contributed by atoms with E-state index in [1.807, 2.05) is 0 Å². The number of carbonyl (C=O) groups excluding carboxylic acids is 3. The van der Waals surface area contributed by atoms with E-state index in [0.717, 1.165) is 116 Å². The Morgan fingerprint density at radius 1 is 0.350 bits per heavy atom. The van der Waals surface area contributed by atoms with Gasteiger partial charge in [-0.05, 0) is 109 Å². The predicted octanol–water partition coefficient (Wildman–Crippen LogP) is 16.0. The number of unbranched alkanes of at least 4 members (excludes halogenated alkanes) is 18. The van der Waals surface area contributed by atoms with Crippen LogP contribution in [0.3, 0.4) is 0 Å². The second-order valence-electron chi connectivity index (χ2n) is 16.0. The van der Waals surface area contributed by atoms with E-state index in [0.29, 0.717) is 12.8 Å². The molecule has 0 heterocycles. The second kappa shape index (κ2) is 48.3. The van der Waals surface area contributed by atoms with Gasteiger partial charge in [0.25, 0.3) is 0 Å². The molecule has 0 aliphatic rings. The molecule has 0 bridgehead atoms. The van der Waals surface area contributed by atoms with Crippen LogP contribution in [0.25, 0.3) is 0 Å². The number of hydrogen-bond donors (Lipinski definition) is 0. The zero-order chi connectivity index (χ0) is 43.7. The monoisotopic (exact) mass is 835 g/mol. The summed E-state index contributed by atoms with van der Waals surface area (Å²) in [5, 5.41) is 0. The Labute approximate surface area is 369 Å². The Morgan fingerprint density at radius 3 is 1.05 bits per heavy atom. The fourth-order valence-electron chi connectivity index (χ4n) is 6.46. The molecule has 1 atom stereocenters. The van der Waals surface area contributed by atoms with Crippen molar-refractivity contribution < 1.29 is 28.6 Å². The third-order valence-corrected chi connectivity index (χ3v) is 10.1. The van der Waals surface area contributed by atoms with Gasteiger partial charge in [0.15, 0.2) is 6.10 Å². The van der Waals surface area contributed by atoms with Crippen LogP contribution in [-0.4, -0.2) is 37.2 Å². The van der Waals surface area contributed by atoms with Crippen molar-refractivity contribution >= 4 is 17.9 Å². The van der Waals surface area contributed by atoms with E-state index < -0.39 is 6.10 Å². The van der Waals surface area contributed by atoms with Crippen LogP contribution in [0.2, 0.25) is 0 Å². The van der Waals surface area contributed by atoms with Crippen LogP contribution in [0.5, 0.6) is 0 Å². The summed E-state index contributed by atoms with van der Waals surface area (Å²) in [6.07, 6.45) is 61.4. The normalized spacial score (nSPS) is 12.8. The molecule has 0 spiro atoms. The van der Waals surface area contributed by atoms with Crippen molar-refractivity contribution in [3.8, 4) is 0 Å². The molecule has 6 heteroatoms. The zero-order valence-electron chi connectivity index (χ0n) is 38.9. The molecule has 6 nitrogen and oxygen atoms in total. The highest BCUT2D eigenvalue weighted by molar-refractivity contribution is 5.71. The molecular formula is C54H90O6. The topological polar surface area (TPSA) is 78.9 Å². The summed E-state index contributed by atoms with van der Waals surface area (Å²) in [6, 6.07) is 0. The maximum absolute atomic E-state index is 12.7. The summed E-state index contributed by atoms with van der Waals surface area (Å²) in [4.78, 5) is 37.9. The summed E-state index contributed by atoms with van der Waals surface area (Å²) >= 11 is 0. The van der Waals surface area contributed by atoms with Crippen molar-refractivity contribution in [1.82, 2.24) is 0 Å². The number of esters is 3. The minimum atomic E-state index is -0.806. The summed E-state index contributed by atoms with van der Waals surface area (Å²) in [5.41, 5.74) is 0. The molecule has 0 amide bonds. The van der Waals surface area contributed by atoms with E-state index in [4.69, 9.17) is 14.2 Å². The van der Waals surface area contributed by atoms with Gasteiger partial charge in [-0.1, -0.05) is 176 Å². The molecule has 0 aliphatic heterocycles. The summed E-state index contributed by atoms with van der Waals surface area (Å²) < 4.78 is 16.7. The maximum atomic E-state index is 12.7. The molecule has 0 N–H and O–H groups in total. The fraction of sp³-hybridized carbons (Fsp3) is 0.685. The highest BCUT2D eigenvalue weighted by Crippen LogP contribution is 2.13. The van der Waals surface area contributed by atoms with Crippen molar-refractivity contribution in [3.05, 3.63) is 85.1 Å². The lowest BCUT2D eigenvalue weighted by Gasteiger charge is -2.18. The van der Waals surface area contributed by atoms with Gasteiger partial charge in [-0.25, -0.2) is 0 Å².